The first-order chi connectivity index (χ1) is 14.6. The minimum absolute atomic E-state index is 0.0135. The van der Waals surface area contributed by atoms with Crippen LogP contribution in [0.2, 0.25) is 0 Å². The molecule has 0 N–H and O–H groups in total. The van der Waals surface area contributed by atoms with Gasteiger partial charge in [0.1, 0.15) is 0 Å². The van der Waals surface area contributed by atoms with E-state index in [0.29, 0.717) is 6.61 Å². The Morgan fingerprint density at radius 2 is 1.97 bits per heavy atom. The second kappa shape index (κ2) is 9.23. The van der Waals surface area contributed by atoms with Crippen LogP contribution in [0.3, 0.4) is 0 Å². The molecule has 0 aliphatic carbocycles. The second-order valence-corrected chi connectivity index (χ2v) is 8.71. The number of carbonyl (C=O) groups excluding carboxylic acids is 1. The molecule has 2 atom stereocenters. The normalized spacial score (nSPS) is 24.9. The Morgan fingerprint density at radius 3 is 2.73 bits per heavy atom. The molecule has 2 aromatic heterocycles. The summed E-state index contributed by atoms with van der Waals surface area (Å²) >= 11 is 0. The van der Waals surface area contributed by atoms with Crippen LogP contribution in [0.25, 0.3) is 0 Å². The first-order valence-corrected chi connectivity index (χ1v) is 11.0. The molecule has 4 heterocycles. The Bertz CT molecular complexity index is 859. The van der Waals surface area contributed by atoms with Crippen molar-refractivity contribution in [2.45, 2.75) is 39.8 Å². The number of hydrogen-bond acceptors (Lipinski definition) is 6. The van der Waals surface area contributed by atoms with E-state index < -0.39 is 5.41 Å². The number of hydrogen-bond donors (Lipinski definition) is 0. The molecular weight excluding hydrogens is 376 g/mol. The van der Waals surface area contributed by atoms with Crippen molar-refractivity contribution in [3.63, 3.8) is 0 Å². The van der Waals surface area contributed by atoms with E-state index in [2.05, 4.69) is 44.0 Å². The average Bonchev–Trinajstić information content (AvgIpc) is 2.97. The van der Waals surface area contributed by atoms with Crippen LogP contribution in [0, 0.1) is 18.3 Å². The first kappa shape index (κ1) is 20.9. The predicted molar refractivity (Wildman–Crippen MR) is 116 cm³/mol. The molecule has 0 bridgehead atoms. The monoisotopic (exact) mass is 408 g/mol. The summed E-state index contributed by atoms with van der Waals surface area (Å²) in [6, 6.07) is 10.3. The highest BCUT2D eigenvalue weighted by Gasteiger charge is 2.53. The summed E-state index contributed by atoms with van der Waals surface area (Å²) in [6.45, 7) is 9.64. The molecule has 2 saturated heterocycles. The summed E-state index contributed by atoms with van der Waals surface area (Å²) < 4.78 is 5.60. The van der Waals surface area contributed by atoms with Crippen LogP contribution < -0.4 is 0 Å². The quantitative estimate of drug-likeness (QED) is 0.685. The van der Waals surface area contributed by atoms with E-state index in [9.17, 15) is 4.79 Å². The summed E-state index contributed by atoms with van der Waals surface area (Å²) in [5.74, 6) is 0.256. The van der Waals surface area contributed by atoms with Crippen molar-refractivity contribution in [3.05, 3.63) is 59.7 Å². The molecule has 6 nitrogen and oxygen atoms in total. The molecule has 2 aliphatic rings. The van der Waals surface area contributed by atoms with Crippen LogP contribution in [0.15, 0.2) is 42.7 Å². The third-order valence-electron chi connectivity index (χ3n) is 6.51. The number of carbonyl (C=O) groups is 1. The van der Waals surface area contributed by atoms with E-state index in [1.807, 2.05) is 32.3 Å². The van der Waals surface area contributed by atoms with Crippen LogP contribution >= 0.6 is 0 Å². The lowest BCUT2D eigenvalue weighted by atomic mass is 9.75. The molecule has 0 unspecified atom stereocenters. The highest BCUT2D eigenvalue weighted by molar-refractivity contribution is 5.78. The zero-order chi connectivity index (χ0) is 21.0. The maximum atomic E-state index is 13.2. The van der Waals surface area contributed by atoms with Crippen LogP contribution in [0.1, 0.15) is 36.7 Å². The fourth-order valence-electron chi connectivity index (χ4n) is 5.15. The van der Waals surface area contributed by atoms with E-state index in [1.165, 1.54) is 5.56 Å². The lowest BCUT2D eigenvalue weighted by Crippen LogP contribution is -2.42. The van der Waals surface area contributed by atoms with Crippen molar-refractivity contribution in [1.29, 1.82) is 0 Å². The van der Waals surface area contributed by atoms with Crippen LogP contribution in [-0.4, -0.2) is 58.5 Å². The van der Waals surface area contributed by atoms with Gasteiger partial charge in [-0.2, -0.15) is 0 Å². The molecule has 6 heteroatoms. The van der Waals surface area contributed by atoms with Gasteiger partial charge in [-0.1, -0.05) is 6.07 Å². The standard InChI is InChI=1S/C24H32N4O2/c1-3-30-23(29)24-10-5-13-27(14-20-8-11-25-12-9-20)15-21(24)16-28(18-24)17-22-7-4-6-19(2)26-22/h4,6-9,11-12,21H,3,5,10,13-18H2,1-2H3/t21-,24-/m0/s1. The van der Waals surface area contributed by atoms with E-state index in [-0.39, 0.29) is 11.9 Å². The fraction of sp³-hybridized carbons (Fsp3) is 0.542. The maximum Gasteiger partial charge on any atom is 0.313 e. The number of aromatic nitrogens is 2. The number of ether oxygens (including phenoxy) is 1. The van der Waals surface area contributed by atoms with E-state index in [0.717, 1.165) is 63.5 Å². The SMILES string of the molecule is CCOC(=O)[C@]12CCCN(Cc3ccncc3)C[C@H]1CN(Cc1cccc(C)n1)C2. The van der Waals surface area contributed by atoms with Crippen LogP contribution in [0.4, 0.5) is 0 Å². The van der Waals surface area contributed by atoms with Gasteiger partial charge in [-0.25, -0.2) is 0 Å². The summed E-state index contributed by atoms with van der Waals surface area (Å²) in [4.78, 5) is 26.9. The van der Waals surface area contributed by atoms with Gasteiger partial charge in [0.2, 0.25) is 0 Å². The second-order valence-electron chi connectivity index (χ2n) is 8.71. The Kier molecular flexibility index (Phi) is 6.44. The molecule has 2 fully saturated rings. The summed E-state index contributed by atoms with van der Waals surface area (Å²) in [5, 5.41) is 0. The fourth-order valence-corrected chi connectivity index (χ4v) is 5.15. The van der Waals surface area contributed by atoms with E-state index >= 15 is 0 Å². The van der Waals surface area contributed by atoms with Gasteiger partial charge in [-0.3, -0.25) is 24.6 Å². The first-order valence-electron chi connectivity index (χ1n) is 11.0. The molecular formula is C24H32N4O2. The van der Waals surface area contributed by atoms with Gasteiger partial charge < -0.3 is 4.74 Å². The largest absolute Gasteiger partial charge is 0.466 e. The van der Waals surface area contributed by atoms with E-state index in [4.69, 9.17) is 4.74 Å². The third-order valence-corrected chi connectivity index (χ3v) is 6.51. The van der Waals surface area contributed by atoms with E-state index in [1.54, 1.807) is 0 Å². The smallest absolute Gasteiger partial charge is 0.313 e. The maximum absolute atomic E-state index is 13.2. The number of aryl methyl sites for hydroxylation is 1. The topological polar surface area (TPSA) is 58.6 Å². The summed E-state index contributed by atoms with van der Waals surface area (Å²) in [6.07, 6.45) is 5.60. The van der Waals surface area contributed by atoms with Gasteiger partial charge >= 0.3 is 5.97 Å². The lowest BCUT2D eigenvalue weighted by Gasteiger charge is -2.31. The Labute approximate surface area is 179 Å². The van der Waals surface area contributed by atoms with Crippen molar-refractivity contribution in [2.24, 2.45) is 11.3 Å². The molecule has 2 aliphatic heterocycles. The average molecular weight is 409 g/mol. The van der Waals surface area contributed by atoms with Gasteiger partial charge in [-0.15, -0.1) is 0 Å². The number of rotatable bonds is 6. The molecule has 0 amide bonds. The van der Waals surface area contributed by atoms with Crippen molar-refractivity contribution in [3.8, 4) is 0 Å². The van der Waals surface area contributed by atoms with Crippen LogP contribution in [-0.2, 0) is 22.6 Å². The third kappa shape index (κ3) is 4.55. The number of fused-ring (bicyclic) bond motifs is 1. The Morgan fingerprint density at radius 1 is 1.17 bits per heavy atom. The van der Waals surface area contributed by atoms with Crippen molar-refractivity contribution < 1.29 is 9.53 Å². The molecule has 4 rings (SSSR count). The molecule has 2 aromatic rings. The van der Waals surface area contributed by atoms with Gasteiger partial charge in [0.05, 0.1) is 17.7 Å². The Hall–Kier alpha value is -2.31. The molecule has 30 heavy (non-hydrogen) atoms. The summed E-state index contributed by atoms with van der Waals surface area (Å²) in [7, 11) is 0. The van der Waals surface area contributed by atoms with Gasteiger partial charge in [0.25, 0.3) is 0 Å². The molecule has 0 radical (unpaired) electrons. The van der Waals surface area contributed by atoms with Crippen molar-refractivity contribution in [2.75, 3.05) is 32.8 Å². The van der Waals surface area contributed by atoms with Crippen molar-refractivity contribution >= 4 is 5.97 Å². The number of likely N-dealkylation sites (tertiary alicyclic amines) is 2. The number of nitrogens with zero attached hydrogens (tertiary/aromatic N) is 4. The number of pyridine rings is 2. The zero-order valence-electron chi connectivity index (χ0n) is 18.1. The van der Waals surface area contributed by atoms with Crippen LogP contribution in [0.5, 0.6) is 0 Å². The molecule has 0 spiro atoms. The highest BCUT2D eigenvalue weighted by atomic mass is 16.5. The Balaban J connectivity index is 1.53. The molecule has 0 aromatic carbocycles. The lowest BCUT2D eigenvalue weighted by molar-refractivity contribution is -0.157. The minimum atomic E-state index is -0.410. The van der Waals surface area contributed by atoms with Gasteiger partial charge in [0.15, 0.2) is 0 Å². The number of esters is 1. The van der Waals surface area contributed by atoms with Gasteiger partial charge in [0, 0.05) is 56.7 Å². The predicted octanol–water partition coefficient (Wildman–Crippen LogP) is 3.06. The summed E-state index contributed by atoms with van der Waals surface area (Å²) in [5.41, 5.74) is 2.96. The zero-order valence-corrected chi connectivity index (χ0v) is 18.1. The molecule has 0 saturated carbocycles. The minimum Gasteiger partial charge on any atom is -0.466 e. The van der Waals surface area contributed by atoms with Crippen molar-refractivity contribution in [1.82, 2.24) is 19.8 Å². The highest BCUT2D eigenvalue weighted by Crippen LogP contribution is 2.44. The molecule has 160 valence electrons. The van der Waals surface area contributed by atoms with Gasteiger partial charge in [-0.05, 0) is 63.1 Å².